The van der Waals surface area contributed by atoms with E-state index in [1.165, 1.54) is 45.1 Å². The predicted molar refractivity (Wildman–Crippen MR) is 212 cm³/mol. The molecule has 1 N–H and O–H groups in total. The maximum Gasteiger partial charge on any atom is 0.234 e. The van der Waals surface area contributed by atoms with E-state index >= 15 is 0 Å². The highest BCUT2D eigenvalue weighted by molar-refractivity contribution is 6.08. The van der Waals surface area contributed by atoms with Crippen LogP contribution in [0.4, 0.5) is 0 Å². The van der Waals surface area contributed by atoms with Crippen molar-refractivity contribution in [3.63, 3.8) is 0 Å². The summed E-state index contributed by atoms with van der Waals surface area (Å²) in [4.78, 5) is 13.8. The van der Waals surface area contributed by atoms with Crippen LogP contribution in [-0.2, 0) is 6.42 Å². The summed E-state index contributed by atoms with van der Waals surface area (Å²) in [5.41, 5.74) is 10.9. The third-order valence-corrected chi connectivity index (χ3v) is 12.6. The van der Waals surface area contributed by atoms with Crippen LogP contribution >= 0.6 is 0 Å². The number of aromatic nitrogens is 1. The second kappa shape index (κ2) is 12.1. The molecule has 256 valence electrons. The molecule has 2 aliphatic heterocycles. The van der Waals surface area contributed by atoms with Crippen LogP contribution in [-0.4, -0.2) is 33.3 Å². The number of aliphatic imine (C=N–C) groups is 2. The zero-order valence-electron chi connectivity index (χ0n) is 29.4. The number of hydrogen-bond acceptors (Lipinski definition) is 4. The quantitative estimate of drug-likeness (QED) is 0.290. The van der Waals surface area contributed by atoms with Crippen molar-refractivity contribution in [2.45, 2.75) is 63.2 Å². The zero-order chi connectivity index (χ0) is 34.2. The molecule has 3 heterocycles. The van der Waals surface area contributed by atoms with Crippen molar-refractivity contribution in [2.24, 2.45) is 27.7 Å². The molecule has 1 aromatic heterocycles. The Morgan fingerprint density at radius 1 is 0.788 bits per heavy atom. The van der Waals surface area contributed by atoms with Crippen molar-refractivity contribution in [1.82, 2.24) is 14.8 Å². The summed E-state index contributed by atoms with van der Waals surface area (Å²) in [6, 6.07) is 21.9. The summed E-state index contributed by atoms with van der Waals surface area (Å²) < 4.78 is 2.45. The van der Waals surface area contributed by atoms with E-state index in [1.54, 1.807) is 5.57 Å². The molecule has 0 amide bonds. The van der Waals surface area contributed by atoms with Crippen molar-refractivity contribution in [1.29, 1.82) is 0 Å². The second-order valence-electron chi connectivity index (χ2n) is 15.4. The minimum absolute atomic E-state index is 0.250. The average molecular weight is 678 g/mol. The van der Waals surface area contributed by atoms with Gasteiger partial charge in [0, 0.05) is 51.5 Å². The fraction of sp³-hybridized carbons (Fsp3) is 0.277. The molecule has 52 heavy (non-hydrogen) atoms. The van der Waals surface area contributed by atoms with Crippen LogP contribution in [0.3, 0.4) is 0 Å². The van der Waals surface area contributed by atoms with Crippen LogP contribution in [0.5, 0.6) is 0 Å². The lowest BCUT2D eigenvalue weighted by molar-refractivity contribution is 0.267. The summed E-state index contributed by atoms with van der Waals surface area (Å²) >= 11 is 0. The zero-order valence-corrected chi connectivity index (χ0v) is 29.4. The van der Waals surface area contributed by atoms with E-state index in [-0.39, 0.29) is 6.17 Å². The Morgan fingerprint density at radius 3 is 2.54 bits per heavy atom. The Morgan fingerprint density at radius 2 is 1.63 bits per heavy atom. The minimum Gasteiger partial charge on any atom is -0.362 e. The molecule has 0 saturated carbocycles. The number of allylic oxidation sites excluding steroid dienone is 8. The normalized spacial score (nSPS) is 29.1. The Balaban J connectivity index is 1.20. The van der Waals surface area contributed by atoms with E-state index in [1.807, 2.05) is 0 Å². The number of likely N-dealkylation sites (tertiary alicyclic amines) is 1. The molecule has 0 radical (unpaired) electrons. The average Bonchev–Trinajstić information content (AvgIpc) is 3.73. The van der Waals surface area contributed by atoms with Crippen LogP contribution in [0, 0.1) is 17.8 Å². The first-order valence-electron chi connectivity index (χ1n) is 19.4. The van der Waals surface area contributed by atoms with Crippen molar-refractivity contribution in [3.05, 3.63) is 171 Å². The second-order valence-corrected chi connectivity index (χ2v) is 15.4. The molecule has 0 bridgehead atoms. The van der Waals surface area contributed by atoms with Crippen LogP contribution in [0.15, 0.2) is 148 Å². The lowest BCUT2D eigenvalue weighted by atomic mass is 9.76. The molecule has 1 fully saturated rings. The van der Waals surface area contributed by atoms with Gasteiger partial charge in [-0.05, 0) is 73.3 Å². The third kappa shape index (κ3) is 4.61. The van der Waals surface area contributed by atoms with Crippen molar-refractivity contribution < 1.29 is 0 Å². The SMILES string of the molecule is C1=CCC2C(=C1)C=c1c(c3c(n1C1=NC(c4ccccc4)NC(c4ccccc4)=N1)CCC=C3)=C2N1C2CCC=CC2C2C=CC3=C(C=CCC3)C21. The Kier molecular flexibility index (Phi) is 7.02. The summed E-state index contributed by atoms with van der Waals surface area (Å²) in [7, 11) is 0. The van der Waals surface area contributed by atoms with Gasteiger partial charge in [-0.15, -0.1) is 0 Å². The fourth-order valence-electron chi connectivity index (χ4n) is 10.4. The molecule has 2 aromatic carbocycles. The number of hydrogen-bond donors (Lipinski definition) is 1. The van der Waals surface area contributed by atoms with E-state index in [4.69, 9.17) is 9.98 Å². The van der Waals surface area contributed by atoms with E-state index in [0.717, 1.165) is 61.4 Å². The van der Waals surface area contributed by atoms with Gasteiger partial charge < -0.3 is 10.2 Å². The van der Waals surface area contributed by atoms with Gasteiger partial charge in [0.2, 0.25) is 5.96 Å². The summed E-state index contributed by atoms with van der Waals surface area (Å²) in [6.45, 7) is 0. The lowest BCUT2D eigenvalue weighted by Crippen LogP contribution is -2.49. The topological polar surface area (TPSA) is 44.9 Å². The highest BCUT2D eigenvalue weighted by Gasteiger charge is 2.52. The molecule has 6 aliphatic carbocycles. The molecule has 0 spiro atoms. The molecule has 3 aromatic rings. The van der Waals surface area contributed by atoms with Gasteiger partial charge in [-0.25, -0.2) is 4.99 Å². The predicted octanol–water partition coefficient (Wildman–Crippen LogP) is 7.66. The Hall–Kier alpha value is -5.42. The van der Waals surface area contributed by atoms with Crippen LogP contribution in [0.2, 0.25) is 0 Å². The van der Waals surface area contributed by atoms with Crippen molar-refractivity contribution in [2.75, 3.05) is 0 Å². The Bertz CT molecular complexity index is 2390. The molecule has 5 nitrogen and oxygen atoms in total. The number of benzene rings is 2. The van der Waals surface area contributed by atoms with Crippen molar-refractivity contribution >= 4 is 29.6 Å². The van der Waals surface area contributed by atoms with Crippen LogP contribution in [0.25, 0.3) is 17.8 Å². The van der Waals surface area contributed by atoms with Crippen LogP contribution < -0.4 is 15.9 Å². The van der Waals surface area contributed by atoms with E-state index in [2.05, 4.69) is 148 Å². The van der Waals surface area contributed by atoms with Gasteiger partial charge >= 0.3 is 0 Å². The van der Waals surface area contributed by atoms with Gasteiger partial charge in [-0.3, -0.25) is 4.57 Å². The largest absolute Gasteiger partial charge is 0.362 e. The third-order valence-electron chi connectivity index (χ3n) is 12.6. The molecule has 6 unspecified atom stereocenters. The molecular formula is C47H43N5. The standard InChI is InChI=1S/C47H43N5/c1-3-16-31(17-4-1)45-48-46(32-18-5-2-6-19-32)50-47(49-45)51-40-26-14-12-24-38(40)42-41(51)29-33-20-8-10-22-35(33)44(42)52-39-25-13-11-23-36(39)37-28-27-30-15-7-9-21-34(30)43(37)52/h1-6,8-12,16-21,23-24,27-29,35-37,39,43,45H,7,13-15,22,25-26H2,(H,48,49,50). The first-order valence-corrected chi connectivity index (χ1v) is 19.4. The molecule has 1 saturated heterocycles. The monoisotopic (exact) mass is 677 g/mol. The number of nitrogens with zero attached hydrogens (tertiary/aromatic N) is 4. The van der Waals surface area contributed by atoms with Crippen LogP contribution in [0.1, 0.15) is 67.1 Å². The lowest BCUT2D eigenvalue weighted by Gasteiger charge is -2.43. The smallest absolute Gasteiger partial charge is 0.234 e. The highest BCUT2D eigenvalue weighted by atomic mass is 15.3. The van der Waals surface area contributed by atoms with Gasteiger partial charge in [-0.2, -0.15) is 4.99 Å². The summed E-state index contributed by atoms with van der Waals surface area (Å²) in [6.07, 6.45) is 36.7. The van der Waals surface area contributed by atoms with E-state index < -0.39 is 0 Å². The number of nitrogens with one attached hydrogen (secondary N) is 1. The van der Waals surface area contributed by atoms with Gasteiger partial charge in [0.05, 0.1) is 11.4 Å². The van der Waals surface area contributed by atoms with E-state index in [0.29, 0.717) is 29.8 Å². The molecule has 5 heteroatoms. The molecule has 8 aliphatic rings. The van der Waals surface area contributed by atoms with Gasteiger partial charge in [0.1, 0.15) is 12.0 Å². The van der Waals surface area contributed by atoms with E-state index in [9.17, 15) is 0 Å². The summed E-state index contributed by atoms with van der Waals surface area (Å²) in [5, 5.41) is 6.33. The highest BCUT2D eigenvalue weighted by Crippen LogP contribution is 2.52. The van der Waals surface area contributed by atoms with Gasteiger partial charge in [-0.1, -0.05) is 127 Å². The number of rotatable bonds is 3. The number of amidine groups is 1. The van der Waals surface area contributed by atoms with Gasteiger partial charge in [0.25, 0.3) is 0 Å². The number of fused-ring (bicyclic) bond motifs is 8. The maximum absolute atomic E-state index is 5.44. The first-order chi connectivity index (χ1) is 25.8. The molecule has 11 rings (SSSR count). The Labute approximate surface area is 305 Å². The first kappa shape index (κ1) is 30.2. The maximum atomic E-state index is 5.44. The van der Waals surface area contributed by atoms with Gasteiger partial charge in [0.15, 0.2) is 0 Å². The fourth-order valence-corrected chi connectivity index (χ4v) is 10.4. The molecular weight excluding hydrogens is 635 g/mol. The summed E-state index contributed by atoms with van der Waals surface area (Å²) in [5.74, 6) is 2.93. The minimum atomic E-state index is -0.250. The van der Waals surface area contributed by atoms with Crippen molar-refractivity contribution in [3.8, 4) is 0 Å². The molecule has 6 atom stereocenters.